The van der Waals surface area contributed by atoms with Crippen LogP contribution in [0.4, 0.5) is 0 Å². The Hall–Kier alpha value is -3.18. The van der Waals surface area contributed by atoms with Crippen molar-refractivity contribution in [2.75, 3.05) is 13.1 Å². The number of benzene rings is 3. The summed E-state index contributed by atoms with van der Waals surface area (Å²) in [6, 6.07) is 25.8. The van der Waals surface area contributed by atoms with Gasteiger partial charge in [-0.1, -0.05) is 77.8 Å². The topological polar surface area (TPSA) is 71.4 Å². The second kappa shape index (κ2) is 12.7. The number of halogens is 2. The van der Waals surface area contributed by atoms with E-state index in [1.807, 2.05) is 35.2 Å². The minimum atomic E-state index is -0.0358. The Kier molecular flexibility index (Phi) is 8.50. The number of hydrogen-bond acceptors (Lipinski definition) is 5. The maximum absolute atomic E-state index is 14.5. The van der Waals surface area contributed by atoms with E-state index in [-0.39, 0.29) is 18.0 Å². The average Bonchev–Trinajstić information content (AvgIpc) is 3.96. The molecule has 3 aromatic carbocycles. The van der Waals surface area contributed by atoms with Gasteiger partial charge in [-0.25, -0.2) is 0 Å². The monoisotopic (exact) mass is 625 g/mol. The maximum atomic E-state index is 14.5. The van der Waals surface area contributed by atoms with Crippen molar-refractivity contribution >= 4 is 34.7 Å². The van der Waals surface area contributed by atoms with E-state index in [1.54, 1.807) is 6.07 Å². The predicted octanol–water partition coefficient (Wildman–Crippen LogP) is 6.31. The lowest BCUT2D eigenvalue weighted by Crippen LogP contribution is -2.60. The minimum Gasteiger partial charge on any atom is -0.331 e. The van der Waals surface area contributed by atoms with E-state index in [0.29, 0.717) is 28.7 Å². The van der Waals surface area contributed by atoms with Gasteiger partial charge < -0.3 is 15.5 Å². The molecule has 1 amide bonds. The highest BCUT2D eigenvalue weighted by atomic mass is 35.5. The number of nitriles is 1. The molecule has 2 N–H and O–H groups in total. The molecule has 0 radical (unpaired) electrons. The normalized spacial score (nSPS) is 21.3. The van der Waals surface area contributed by atoms with E-state index >= 15 is 0 Å². The summed E-state index contributed by atoms with van der Waals surface area (Å²) in [6.07, 6.45) is 5.23. The molecule has 8 heteroatoms. The summed E-state index contributed by atoms with van der Waals surface area (Å²) < 4.78 is 0. The maximum Gasteiger partial charge on any atom is 0.252 e. The molecule has 2 bridgehead atoms. The molecule has 7 rings (SSSR count). The zero-order chi connectivity index (χ0) is 30.2. The number of fused-ring (bicyclic) bond motifs is 2. The van der Waals surface area contributed by atoms with Crippen LogP contribution >= 0.6 is 23.2 Å². The Morgan fingerprint density at radius 3 is 2.36 bits per heavy atom. The van der Waals surface area contributed by atoms with Crippen molar-refractivity contribution in [3.63, 3.8) is 0 Å². The molecular formula is C36H37Cl2N5O. The largest absolute Gasteiger partial charge is 0.331 e. The van der Waals surface area contributed by atoms with Gasteiger partial charge in [0.1, 0.15) is 0 Å². The van der Waals surface area contributed by atoms with Crippen LogP contribution in [0.2, 0.25) is 10.0 Å². The number of nitrogens with one attached hydrogen (secondary N) is 2. The molecular weight excluding hydrogens is 589 g/mol. The molecule has 44 heavy (non-hydrogen) atoms. The third-order valence-electron chi connectivity index (χ3n) is 9.41. The highest BCUT2D eigenvalue weighted by Gasteiger charge is 2.41. The van der Waals surface area contributed by atoms with Gasteiger partial charge in [-0.05, 0) is 72.1 Å². The van der Waals surface area contributed by atoms with Crippen LogP contribution in [0, 0.1) is 11.3 Å². The second-order valence-corrected chi connectivity index (χ2v) is 13.4. The molecule has 2 heterocycles. The molecule has 4 aliphatic rings. The molecule has 2 saturated carbocycles. The Balaban J connectivity index is 1.16. The summed E-state index contributed by atoms with van der Waals surface area (Å²) in [5, 5.41) is 17.9. The quantitative estimate of drug-likeness (QED) is 0.276. The first-order valence-electron chi connectivity index (χ1n) is 15.7. The summed E-state index contributed by atoms with van der Waals surface area (Å²) >= 11 is 12.9. The van der Waals surface area contributed by atoms with Crippen molar-refractivity contribution in [1.29, 1.82) is 5.26 Å². The van der Waals surface area contributed by atoms with Crippen LogP contribution in [0.25, 0.3) is 5.57 Å². The van der Waals surface area contributed by atoms with Crippen molar-refractivity contribution in [2.24, 2.45) is 0 Å². The second-order valence-electron chi connectivity index (χ2n) is 12.6. The zero-order valence-corrected chi connectivity index (χ0v) is 26.2. The Morgan fingerprint density at radius 2 is 1.61 bits per heavy atom. The van der Waals surface area contributed by atoms with E-state index in [0.717, 1.165) is 78.8 Å². The third kappa shape index (κ3) is 6.31. The van der Waals surface area contributed by atoms with Crippen LogP contribution in [0.1, 0.15) is 59.9 Å². The molecule has 3 fully saturated rings. The van der Waals surface area contributed by atoms with Gasteiger partial charge >= 0.3 is 0 Å². The number of piperazine rings is 1. The van der Waals surface area contributed by atoms with Gasteiger partial charge in [-0.3, -0.25) is 9.69 Å². The summed E-state index contributed by atoms with van der Waals surface area (Å²) in [7, 11) is 0. The van der Waals surface area contributed by atoms with Gasteiger partial charge in [0.25, 0.3) is 5.91 Å². The molecule has 0 unspecified atom stereocenters. The van der Waals surface area contributed by atoms with Gasteiger partial charge in [0.05, 0.1) is 27.7 Å². The predicted molar refractivity (Wildman–Crippen MR) is 175 cm³/mol. The van der Waals surface area contributed by atoms with Gasteiger partial charge in [-0.2, -0.15) is 5.26 Å². The Bertz CT molecular complexity index is 1620. The van der Waals surface area contributed by atoms with Crippen LogP contribution < -0.4 is 10.6 Å². The molecule has 6 nitrogen and oxygen atoms in total. The minimum absolute atomic E-state index is 0.0358. The first-order valence-corrected chi connectivity index (χ1v) is 16.5. The molecule has 1 saturated heterocycles. The lowest BCUT2D eigenvalue weighted by molar-refractivity contribution is -0.128. The van der Waals surface area contributed by atoms with Gasteiger partial charge in [0, 0.05) is 56.4 Å². The van der Waals surface area contributed by atoms with E-state index in [2.05, 4.69) is 51.9 Å². The van der Waals surface area contributed by atoms with Crippen molar-refractivity contribution in [3.05, 3.63) is 110 Å². The smallest absolute Gasteiger partial charge is 0.252 e. The molecule has 0 spiro atoms. The third-order valence-corrected chi connectivity index (χ3v) is 10.3. The van der Waals surface area contributed by atoms with E-state index in [4.69, 9.17) is 23.2 Å². The number of nitrogens with zero attached hydrogens (tertiary/aromatic N) is 3. The molecule has 2 atom stereocenters. The number of carbonyl (C=O) groups is 1. The molecule has 0 aromatic heterocycles. The number of rotatable bonds is 10. The SMILES string of the molecule is N#Cc1ccccc1CN(Cc1ccc(C2=C(C(=O)N(Cc3cccc(Cl)c3Cl)C3CC3)[C@H]3CNC[C@H](C2)N3)cc1)C1CC1. The number of hydrogen-bond donors (Lipinski definition) is 2. The lowest BCUT2D eigenvalue weighted by atomic mass is 9.83. The van der Waals surface area contributed by atoms with Crippen molar-refractivity contribution < 1.29 is 4.79 Å². The van der Waals surface area contributed by atoms with Gasteiger partial charge in [0.2, 0.25) is 0 Å². The first kappa shape index (κ1) is 29.5. The Labute approximate surface area is 269 Å². The first-order chi connectivity index (χ1) is 21.5. The van der Waals surface area contributed by atoms with Crippen molar-refractivity contribution in [1.82, 2.24) is 20.4 Å². The molecule has 3 aromatic rings. The standard InChI is InChI=1S/C36H37Cl2N5O/c37-32-7-3-6-27(35(32)38)22-43(30-14-15-30)36(44)34-31(16-28-18-40-19-33(34)41-28)24-10-8-23(9-11-24)20-42(29-12-13-29)21-26-5-2-1-4-25(26)17-39/h1-11,28-30,33,40-41H,12-16,18-22H2/t28-,33+/m0/s1. The summed E-state index contributed by atoms with van der Waals surface area (Å²) in [6.45, 7) is 3.69. The van der Waals surface area contributed by atoms with Crippen LogP contribution in [0.5, 0.6) is 0 Å². The van der Waals surface area contributed by atoms with Crippen LogP contribution in [-0.2, 0) is 24.4 Å². The lowest BCUT2D eigenvalue weighted by Gasteiger charge is -2.41. The van der Waals surface area contributed by atoms with E-state index < -0.39 is 0 Å². The van der Waals surface area contributed by atoms with Crippen LogP contribution in [0.3, 0.4) is 0 Å². The van der Waals surface area contributed by atoms with E-state index in [9.17, 15) is 10.1 Å². The highest BCUT2D eigenvalue weighted by Crippen LogP contribution is 2.38. The van der Waals surface area contributed by atoms with E-state index in [1.165, 1.54) is 18.4 Å². The highest BCUT2D eigenvalue weighted by molar-refractivity contribution is 6.42. The number of carbonyl (C=O) groups excluding carboxylic acids is 1. The summed E-state index contributed by atoms with van der Waals surface area (Å²) in [4.78, 5) is 19.0. The Morgan fingerprint density at radius 1 is 0.864 bits per heavy atom. The van der Waals surface area contributed by atoms with Crippen LogP contribution in [-0.4, -0.2) is 53.0 Å². The summed E-state index contributed by atoms with van der Waals surface area (Å²) in [5.41, 5.74) is 7.12. The fourth-order valence-corrected chi connectivity index (χ4v) is 7.17. The van der Waals surface area contributed by atoms with Gasteiger partial charge in [0.15, 0.2) is 0 Å². The van der Waals surface area contributed by atoms with Crippen molar-refractivity contribution in [2.45, 2.75) is 75.9 Å². The molecule has 2 aliphatic heterocycles. The molecule has 2 aliphatic carbocycles. The van der Waals surface area contributed by atoms with Crippen molar-refractivity contribution in [3.8, 4) is 6.07 Å². The fourth-order valence-electron chi connectivity index (χ4n) is 6.79. The zero-order valence-electron chi connectivity index (χ0n) is 24.7. The average molecular weight is 627 g/mol. The van der Waals surface area contributed by atoms with Gasteiger partial charge in [-0.15, -0.1) is 0 Å². The number of amides is 1. The molecule has 226 valence electrons. The fraction of sp³-hybridized carbons (Fsp3) is 0.389. The summed E-state index contributed by atoms with van der Waals surface area (Å²) in [5.74, 6) is 0.0957. The van der Waals surface area contributed by atoms with Crippen LogP contribution in [0.15, 0.2) is 72.3 Å².